The number of hydrogen-bond donors (Lipinski definition) is 1. The monoisotopic (exact) mass is 296 g/mol. The number of amides is 2. The molecule has 1 aliphatic rings. The number of carbonyl (C=O) groups excluding carboxylic acids is 2. The molecule has 1 saturated heterocycles. The summed E-state index contributed by atoms with van der Waals surface area (Å²) in [6, 6.07) is 3.96. The molecule has 1 aliphatic heterocycles. The summed E-state index contributed by atoms with van der Waals surface area (Å²) in [6.07, 6.45) is 0.298. The number of rotatable bonds is 6. The Labute approximate surface area is 122 Å². The van der Waals surface area contributed by atoms with E-state index >= 15 is 0 Å². The standard InChI is InChI=1S/C14H20N2O3S/c1-10(12-4-3-7-20-12)15-14(18)11-8-13(17)16(9-11)5-6-19-2/h3-4,7,10-11H,5-6,8-9H2,1-2H3,(H,15,18)/t10-,11-/m0/s1. The van der Waals surface area contributed by atoms with Crippen LogP contribution in [0.1, 0.15) is 24.3 Å². The second-order valence-electron chi connectivity index (χ2n) is 4.98. The van der Waals surface area contributed by atoms with Crippen molar-refractivity contribution in [2.75, 3.05) is 26.8 Å². The van der Waals surface area contributed by atoms with E-state index in [2.05, 4.69) is 5.32 Å². The zero-order valence-electron chi connectivity index (χ0n) is 11.8. The van der Waals surface area contributed by atoms with Crippen molar-refractivity contribution in [2.45, 2.75) is 19.4 Å². The lowest BCUT2D eigenvalue weighted by molar-refractivity contribution is -0.129. The highest BCUT2D eigenvalue weighted by Gasteiger charge is 2.34. The first-order chi connectivity index (χ1) is 9.61. The lowest BCUT2D eigenvalue weighted by Gasteiger charge is -2.17. The van der Waals surface area contributed by atoms with Crippen molar-refractivity contribution < 1.29 is 14.3 Å². The molecule has 0 aromatic carbocycles. The Morgan fingerprint density at radius 3 is 3.10 bits per heavy atom. The highest BCUT2D eigenvalue weighted by atomic mass is 32.1. The normalized spacial score (nSPS) is 20.2. The zero-order valence-corrected chi connectivity index (χ0v) is 12.6. The Morgan fingerprint density at radius 1 is 1.65 bits per heavy atom. The third-order valence-corrected chi connectivity index (χ3v) is 4.53. The first-order valence-corrected chi connectivity index (χ1v) is 7.60. The highest BCUT2D eigenvalue weighted by Crippen LogP contribution is 2.21. The number of carbonyl (C=O) groups is 2. The van der Waals surface area contributed by atoms with Crippen LogP contribution < -0.4 is 5.32 Å². The van der Waals surface area contributed by atoms with Crippen molar-refractivity contribution in [2.24, 2.45) is 5.92 Å². The fourth-order valence-corrected chi connectivity index (χ4v) is 3.04. The minimum atomic E-state index is -0.248. The fourth-order valence-electron chi connectivity index (χ4n) is 2.31. The molecule has 5 nitrogen and oxygen atoms in total. The number of thiophene rings is 1. The quantitative estimate of drug-likeness (QED) is 0.864. The molecule has 6 heteroatoms. The maximum Gasteiger partial charge on any atom is 0.225 e. The average Bonchev–Trinajstić information content (AvgIpc) is 3.06. The first kappa shape index (κ1) is 15.0. The molecule has 0 radical (unpaired) electrons. The van der Waals surface area contributed by atoms with Crippen molar-refractivity contribution in [3.63, 3.8) is 0 Å². The summed E-state index contributed by atoms with van der Waals surface area (Å²) in [5.74, 6) is -0.257. The lowest BCUT2D eigenvalue weighted by Crippen LogP contribution is -2.35. The van der Waals surface area contributed by atoms with Gasteiger partial charge in [0.05, 0.1) is 18.6 Å². The minimum absolute atomic E-state index is 0.00868. The van der Waals surface area contributed by atoms with Crippen LogP contribution in [-0.4, -0.2) is 43.5 Å². The number of hydrogen-bond acceptors (Lipinski definition) is 4. The molecule has 2 rings (SSSR count). The smallest absolute Gasteiger partial charge is 0.225 e. The van der Waals surface area contributed by atoms with E-state index < -0.39 is 0 Å². The average molecular weight is 296 g/mol. The summed E-state index contributed by atoms with van der Waals surface area (Å²) in [5, 5.41) is 4.97. The van der Waals surface area contributed by atoms with E-state index in [9.17, 15) is 9.59 Å². The van der Waals surface area contributed by atoms with Gasteiger partial charge in [-0.15, -0.1) is 11.3 Å². The molecule has 2 amide bonds. The maximum absolute atomic E-state index is 12.2. The Hall–Kier alpha value is -1.40. The number of methoxy groups -OCH3 is 1. The summed E-state index contributed by atoms with van der Waals surface area (Å²) >= 11 is 1.62. The molecule has 0 unspecified atom stereocenters. The number of nitrogens with one attached hydrogen (secondary N) is 1. The Kier molecular flexibility index (Phi) is 5.14. The van der Waals surface area contributed by atoms with Gasteiger partial charge < -0.3 is 15.0 Å². The van der Waals surface area contributed by atoms with Crippen molar-refractivity contribution in [1.29, 1.82) is 0 Å². The molecular weight excluding hydrogens is 276 g/mol. The van der Waals surface area contributed by atoms with E-state index in [0.29, 0.717) is 26.1 Å². The molecule has 1 N–H and O–H groups in total. The van der Waals surface area contributed by atoms with Crippen LogP contribution in [0.25, 0.3) is 0 Å². The third kappa shape index (κ3) is 3.58. The second kappa shape index (κ2) is 6.85. The van der Waals surface area contributed by atoms with Crippen LogP contribution in [0.5, 0.6) is 0 Å². The van der Waals surface area contributed by atoms with Gasteiger partial charge in [-0.3, -0.25) is 9.59 Å². The van der Waals surface area contributed by atoms with Gasteiger partial charge in [0.25, 0.3) is 0 Å². The predicted molar refractivity (Wildman–Crippen MR) is 77.4 cm³/mol. The van der Waals surface area contributed by atoms with Gasteiger partial charge in [0.2, 0.25) is 11.8 Å². The van der Waals surface area contributed by atoms with Gasteiger partial charge in [-0.25, -0.2) is 0 Å². The minimum Gasteiger partial charge on any atom is -0.383 e. The van der Waals surface area contributed by atoms with Gasteiger partial charge >= 0.3 is 0 Å². The molecule has 110 valence electrons. The largest absolute Gasteiger partial charge is 0.383 e. The van der Waals surface area contributed by atoms with Gasteiger partial charge in [0, 0.05) is 31.5 Å². The topological polar surface area (TPSA) is 58.6 Å². The van der Waals surface area contributed by atoms with Crippen LogP contribution in [-0.2, 0) is 14.3 Å². The Morgan fingerprint density at radius 2 is 2.45 bits per heavy atom. The van der Waals surface area contributed by atoms with Gasteiger partial charge in [-0.05, 0) is 18.4 Å². The lowest BCUT2D eigenvalue weighted by atomic mass is 10.1. The van der Waals surface area contributed by atoms with Crippen LogP contribution in [0.4, 0.5) is 0 Å². The number of nitrogens with zero attached hydrogens (tertiary/aromatic N) is 1. The Bertz CT molecular complexity index is 461. The molecule has 0 bridgehead atoms. The molecule has 2 atom stereocenters. The molecule has 0 saturated carbocycles. The predicted octanol–water partition coefficient (Wildman–Crippen LogP) is 1.42. The van der Waals surface area contributed by atoms with Crippen LogP contribution in [0.3, 0.4) is 0 Å². The van der Waals surface area contributed by atoms with Gasteiger partial charge in [0.1, 0.15) is 0 Å². The zero-order chi connectivity index (χ0) is 14.5. The number of likely N-dealkylation sites (tertiary alicyclic amines) is 1. The summed E-state index contributed by atoms with van der Waals surface area (Å²) < 4.78 is 4.97. The van der Waals surface area contributed by atoms with Crippen molar-refractivity contribution >= 4 is 23.2 Å². The van der Waals surface area contributed by atoms with Gasteiger partial charge in [-0.2, -0.15) is 0 Å². The van der Waals surface area contributed by atoms with E-state index in [-0.39, 0.29) is 23.8 Å². The first-order valence-electron chi connectivity index (χ1n) is 6.72. The van der Waals surface area contributed by atoms with E-state index in [1.165, 1.54) is 0 Å². The van der Waals surface area contributed by atoms with Crippen molar-refractivity contribution in [1.82, 2.24) is 10.2 Å². The van der Waals surface area contributed by atoms with Crippen molar-refractivity contribution in [3.8, 4) is 0 Å². The third-order valence-electron chi connectivity index (χ3n) is 3.48. The summed E-state index contributed by atoms with van der Waals surface area (Å²) in [5.41, 5.74) is 0. The maximum atomic E-state index is 12.2. The summed E-state index contributed by atoms with van der Waals surface area (Å²) in [7, 11) is 1.60. The molecule has 0 aliphatic carbocycles. The van der Waals surface area contributed by atoms with Crippen LogP contribution in [0.2, 0.25) is 0 Å². The van der Waals surface area contributed by atoms with E-state index in [4.69, 9.17) is 4.74 Å². The molecule has 1 aromatic rings. The second-order valence-corrected chi connectivity index (χ2v) is 5.96. The highest BCUT2D eigenvalue weighted by molar-refractivity contribution is 7.10. The SMILES string of the molecule is COCCN1C[C@@H](C(=O)N[C@@H](C)c2cccs2)CC1=O. The summed E-state index contributed by atoms with van der Waals surface area (Å²) in [6.45, 7) is 3.51. The van der Waals surface area contributed by atoms with Crippen molar-refractivity contribution in [3.05, 3.63) is 22.4 Å². The molecule has 1 fully saturated rings. The molecule has 1 aromatic heterocycles. The molecular formula is C14H20N2O3S. The van der Waals surface area contributed by atoms with Crippen LogP contribution in [0, 0.1) is 5.92 Å². The van der Waals surface area contributed by atoms with E-state index in [1.807, 2.05) is 24.4 Å². The van der Waals surface area contributed by atoms with Gasteiger partial charge in [0.15, 0.2) is 0 Å². The van der Waals surface area contributed by atoms with Gasteiger partial charge in [-0.1, -0.05) is 6.07 Å². The Balaban J connectivity index is 1.86. The van der Waals surface area contributed by atoms with Crippen LogP contribution in [0.15, 0.2) is 17.5 Å². The van der Waals surface area contributed by atoms with Crippen LogP contribution >= 0.6 is 11.3 Å². The summed E-state index contributed by atoms with van der Waals surface area (Å²) in [4.78, 5) is 26.8. The number of ether oxygens (including phenoxy) is 1. The molecule has 2 heterocycles. The van der Waals surface area contributed by atoms with E-state index in [0.717, 1.165) is 4.88 Å². The fraction of sp³-hybridized carbons (Fsp3) is 0.571. The molecule has 20 heavy (non-hydrogen) atoms. The molecule has 0 spiro atoms. The van der Waals surface area contributed by atoms with E-state index in [1.54, 1.807) is 23.3 Å².